The van der Waals surface area contributed by atoms with E-state index in [2.05, 4.69) is 34.8 Å². The van der Waals surface area contributed by atoms with E-state index >= 15 is 0 Å². The van der Waals surface area contributed by atoms with Crippen molar-refractivity contribution in [3.8, 4) is 0 Å². The van der Waals surface area contributed by atoms with E-state index in [9.17, 15) is 4.79 Å². The van der Waals surface area contributed by atoms with Crippen molar-refractivity contribution in [2.45, 2.75) is 19.1 Å². The van der Waals surface area contributed by atoms with Crippen LogP contribution in [-0.2, 0) is 10.5 Å². The minimum atomic E-state index is 0. The second kappa shape index (κ2) is 11.6. The number of aromatic nitrogens is 2. The van der Waals surface area contributed by atoms with Crippen molar-refractivity contribution in [2.75, 3.05) is 25.9 Å². The van der Waals surface area contributed by atoms with E-state index in [0.717, 1.165) is 36.6 Å². The number of fused-ring (bicyclic) bond motifs is 1. The average Bonchev–Trinajstić information content (AvgIpc) is 2.85. The number of thioether (sulfide) groups is 1. The number of carbonyl (C=O) groups is 1. The Morgan fingerprint density at radius 3 is 2.78 bits per heavy atom. The van der Waals surface area contributed by atoms with Gasteiger partial charge in [-0.1, -0.05) is 6.07 Å². The lowest BCUT2D eigenvalue weighted by atomic mass is 10.3. The summed E-state index contributed by atoms with van der Waals surface area (Å²) in [5.74, 6) is 1.33. The number of rotatable bonds is 8. The van der Waals surface area contributed by atoms with Gasteiger partial charge in [0, 0.05) is 24.7 Å². The zero-order chi connectivity index (χ0) is 15.1. The highest BCUT2D eigenvalue weighted by Gasteiger charge is 2.04. The van der Waals surface area contributed by atoms with Crippen LogP contribution in [0.15, 0.2) is 24.5 Å². The fourth-order valence-electron chi connectivity index (χ4n) is 2.02. The molecule has 0 spiro atoms. The predicted octanol–water partition coefficient (Wildman–Crippen LogP) is 2.45. The molecule has 0 saturated carbocycles. The summed E-state index contributed by atoms with van der Waals surface area (Å²) in [6.07, 6.45) is 5.05. The monoisotopic (exact) mass is 378 g/mol. The van der Waals surface area contributed by atoms with Crippen molar-refractivity contribution in [2.24, 2.45) is 0 Å². The lowest BCUT2D eigenvalue weighted by Crippen LogP contribution is -2.28. The summed E-state index contributed by atoms with van der Waals surface area (Å²) in [6, 6.07) is 4.07. The van der Waals surface area contributed by atoms with Crippen LogP contribution in [0, 0.1) is 6.92 Å². The van der Waals surface area contributed by atoms with Crippen molar-refractivity contribution in [1.82, 2.24) is 20.0 Å². The number of amides is 1. The molecular formula is C15H24Cl2N4OS. The molecule has 0 aromatic carbocycles. The van der Waals surface area contributed by atoms with Crippen LogP contribution in [0.1, 0.15) is 17.7 Å². The third kappa shape index (κ3) is 7.44. The van der Waals surface area contributed by atoms with Crippen molar-refractivity contribution in [3.63, 3.8) is 0 Å². The summed E-state index contributed by atoms with van der Waals surface area (Å²) < 4.78 is 2.03. The van der Waals surface area contributed by atoms with Crippen molar-refractivity contribution in [3.05, 3.63) is 35.8 Å². The van der Waals surface area contributed by atoms with Crippen molar-refractivity contribution >= 4 is 48.1 Å². The first kappa shape index (κ1) is 22.1. The number of halogens is 2. The Bertz CT molecular complexity index is 606. The molecule has 0 saturated heterocycles. The topological polar surface area (TPSA) is 58.4 Å². The third-order valence-electron chi connectivity index (χ3n) is 3.06. The van der Waals surface area contributed by atoms with Gasteiger partial charge in [-0.25, -0.2) is 4.98 Å². The van der Waals surface area contributed by atoms with Gasteiger partial charge in [0.15, 0.2) is 0 Å². The zero-order valence-electron chi connectivity index (χ0n) is 13.4. The summed E-state index contributed by atoms with van der Waals surface area (Å²) in [4.78, 5) is 16.2. The molecule has 0 fully saturated rings. The minimum absolute atomic E-state index is 0. The van der Waals surface area contributed by atoms with Gasteiger partial charge in [0.05, 0.1) is 11.4 Å². The Hall–Kier alpha value is -0.950. The van der Waals surface area contributed by atoms with Crippen LogP contribution in [0.5, 0.6) is 0 Å². The lowest BCUT2D eigenvalue weighted by Gasteiger charge is -2.04. The van der Waals surface area contributed by atoms with Crippen LogP contribution in [0.4, 0.5) is 0 Å². The predicted molar refractivity (Wildman–Crippen MR) is 102 cm³/mol. The standard InChI is InChI=1S/C15H22N4OS.2ClH/c1-12-4-5-14-18-13(9-19(14)8-12)10-21-11-15(20)17-7-3-6-16-2;;/h4-5,8-9,16H,3,6-7,10-11H2,1-2H3,(H,17,20);2*1H. The first-order chi connectivity index (χ1) is 10.2. The van der Waals surface area contributed by atoms with Crippen molar-refractivity contribution < 1.29 is 4.79 Å². The van der Waals surface area contributed by atoms with Crippen LogP contribution in [-0.4, -0.2) is 41.2 Å². The molecule has 8 heteroatoms. The number of aryl methyl sites for hydroxylation is 1. The second-order valence-corrected chi connectivity index (χ2v) is 5.99. The summed E-state index contributed by atoms with van der Waals surface area (Å²) >= 11 is 1.59. The highest BCUT2D eigenvalue weighted by atomic mass is 35.5. The van der Waals surface area contributed by atoms with Crippen LogP contribution in [0.2, 0.25) is 0 Å². The molecule has 5 nitrogen and oxygen atoms in total. The summed E-state index contributed by atoms with van der Waals surface area (Å²) in [5, 5.41) is 5.97. The van der Waals surface area contributed by atoms with Gasteiger partial charge >= 0.3 is 0 Å². The number of nitrogens with zero attached hydrogens (tertiary/aromatic N) is 2. The SMILES string of the molecule is CNCCCNC(=O)CSCc1cn2cc(C)ccc2n1.Cl.Cl. The molecule has 0 unspecified atom stereocenters. The zero-order valence-corrected chi connectivity index (χ0v) is 15.8. The van der Waals surface area contributed by atoms with Crippen LogP contribution >= 0.6 is 36.6 Å². The fourth-order valence-corrected chi connectivity index (χ4v) is 2.76. The quantitative estimate of drug-likeness (QED) is 0.692. The van der Waals surface area contributed by atoms with E-state index in [4.69, 9.17) is 0 Å². The Morgan fingerprint density at radius 2 is 2.04 bits per heavy atom. The molecule has 2 heterocycles. The van der Waals surface area contributed by atoms with Gasteiger partial charge in [-0.3, -0.25) is 4.79 Å². The van der Waals surface area contributed by atoms with Gasteiger partial charge in [-0.05, 0) is 38.6 Å². The molecule has 130 valence electrons. The van der Waals surface area contributed by atoms with Gasteiger partial charge in [-0.2, -0.15) is 0 Å². The maximum Gasteiger partial charge on any atom is 0.230 e. The highest BCUT2D eigenvalue weighted by molar-refractivity contribution is 7.99. The Kier molecular flexibility index (Phi) is 11.1. The first-order valence-electron chi connectivity index (χ1n) is 7.12. The molecular weight excluding hydrogens is 355 g/mol. The average molecular weight is 379 g/mol. The number of hydrogen-bond acceptors (Lipinski definition) is 4. The molecule has 0 radical (unpaired) electrons. The summed E-state index contributed by atoms with van der Waals surface area (Å²) in [5.41, 5.74) is 3.17. The number of hydrogen-bond donors (Lipinski definition) is 2. The fraction of sp³-hybridized carbons (Fsp3) is 0.467. The van der Waals surface area contributed by atoms with Crippen LogP contribution < -0.4 is 10.6 Å². The maximum absolute atomic E-state index is 11.6. The maximum atomic E-state index is 11.6. The van der Waals surface area contributed by atoms with Crippen LogP contribution in [0.25, 0.3) is 5.65 Å². The van der Waals surface area contributed by atoms with E-state index in [1.165, 1.54) is 5.56 Å². The molecule has 2 rings (SSSR count). The second-order valence-electron chi connectivity index (χ2n) is 5.00. The van der Waals surface area contributed by atoms with Gasteiger partial charge in [-0.15, -0.1) is 36.6 Å². The first-order valence-corrected chi connectivity index (χ1v) is 8.28. The van der Waals surface area contributed by atoms with Crippen LogP contribution in [0.3, 0.4) is 0 Å². The smallest absolute Gasteiger partial charge is 0.230 e. The number of pyridine rings is 1. The van der Waals surface area contributed by atoms with Gasteiger partial charge in [0.1, 0.15) is 5.65 Å². The number of nitrogens with one attached hydrogen (secondary N) is 2. The summed E-state index contributed by atoms with van der Waals surface area (Å²) in [6.45, 7) is 3.72. The normalized spacial score (nSPS) is 10.0. The molecule has 1 amide bonds. The number of imidazole rings is 1. The highest BCUT2D eigenvalue weighted by Crippen LogP contribution is 2.13. The lowest BCUT2D eigenvalue weighted by molar-refractivity contribution is -0.118. The van der Waals surface area contributed by atoms with Crippen molar-refractivity contribution in [1.29, 1.82) is 0 Å². The van der Waals surface area contributed by atoms with E-state index < -0.39 is 0 Å². The molecule has 2 aromatic heterocycles. The molecule has 0 aliphatic rings. The van der Waals surface area contributed by atoms with E-state index in [-0.39, 0.29) is 30.7 Å². The largest absolute Gasteiger partial charge is 0.355 e. The minimum Gasteiger partial charge on any atom is -0.355 e. The van der Waals surface area contributed by atoms with E-state index in [1.807, 2.05) is 23.7 Å². The molecule has 0 aliphatic heterocycles. The summed E-state index contributed by atoms with van der Waals surface area (Å²) in [7, 11) is 1.91. The third-order valence-corrected chi connectivity index (χ3v) is 4.02. The molecule has 0 aliphatic carbocycles. The Morgan fingerprint density at radius 1 is 1.26 bits per heavy atom. The molecule has 0 atom stereocenters. The Labute approximate surface area is 153 Å². The van der Waals surface area contributed by atoms with Gasteiger partial charge in [0.2, 0.25) is 5.91 Å². The van der Waals surface area contributed by atoms with Gasteiger partial charge < -0.3 is 15.0 Å². The van der Waals surface area contributed by atoms with E-state index in [1.54, 1.807) is 11.8 Å². The van der Waals surface area contributed by atoms with E-state index in [0.29, 0.717) is 5.75 Å². The molecule has 2 N–H and O–H groups in total. The number of carbonyl (C=O) groups excluding carboxylic acids is 1. The molecule has 2 aromatic rings. The molecule has 23 heavy (non-hydrogen) atoms. The Balaban J connectivity index is 0.00000242. The molecule has 0 bridgehead atoms. The van der Waals surface area contributed by atoms with Gasteiger partial charge in [0.25, 0.3) is 0 Å².